The monoisotopic (exact) mass is 224 g/mol. The van der Waals surface area contributed by atoms with E-state index in [0.717, 1.165) is 6.42 Å². The second-order valence-electron chi connectivity index (χ2n) is 3.34. The number of rotatable bonds is 3. The van der Waals surface area contributed by atoms with Crippen LogP contribution < -0.4 is 0 Å². The molecule has 0 aromatic rings. The molecule has 0 aromatic carbocycles. The van der Waals surface area contributed by atoms with Crippen LogP contribution in [0.15, 0.2) is 11.6 Å². The Bertz CT molecular complexity index is 264. The molecular weight excluding hydrogens is 213 g/mol. The van der Waals surface area contributed by atoms with Crippen molar-refractivity contribution in [3.63, 3.8) is 0 Å². The Kier molecular flexibility index (Phi) is 3.73. The Morgan fingerprint density at radius 1 is 1.53 bits per heavy atom. The molecule has 1 rings (SSSR count). The van der Waals surface area contributed by atoms with Crippen LogP contribution in [-0.4, -0.2) is 30.0 Å². The van der Waals surface area contributed by atoms with Crippen molar-refractivity contribution in [3.8, 4) is 0 Å². The van der Waals surface area contributed by atoms with E-state index in [9.17, 15) is 18.0 Å². The van der Waals surface area contributed by atoms with Crippen LogP contribution in [0.5, 0.6) is 0 Å². The predicted octanol–water partition coefficient (Wildman–Crippen LogP) is 2.13. The van der Waals surface area contributed by atoms with Gasteiger partial charge >= 0.3 is 12.1 Å². The van der Waals surface area contributed by atoms with Crippen molar-refractivity contribution in [2.24, 2.45) is 0 Å². The Balaban J connectivity index is 2.68. The van der Waals surface area contributed by atoms with Gasteiger partial charge in [-0.2, -0.15) is 13.2 Å². The highest BCUT2D eigenvalue weighted by Crippen LogP contribution is 2.31. The maximum absolute atomic E-state index is 12.3. The number of ether oxygens (including phenoxy) is 1. The first-order chi connectivity index (χ1) is 6.89. The zero-order chi connectivity index (χ0) is 11.5. The minimum atomic E-state index is -4.59. The molecule has 1 N–H and O–H groups in total. The molecule has 1 saturated heterocycles. The van der Waals surface area contributed by atoms with Crippen molar-refractivity contribution < 1.29 is 27.8 Å². The molecule has 1 heterocycles. The van der Waals surface area contributed by atoms with Gasteiger partial charge in [-0.05, 0) is 12.8 Å². The number of hydrogen-bond acceptors (Lipinski definition) is 2. The van der Waals surface area contributed by atoms with Crippen molar-refractivity contribution in [2.75, 3.05) is 6.61 Å². The van der Waals surface area contributed by atoms with E-state index >= 15 is 0 Å². The standard InChI is InChI=1S/C9H11F3O3/c10-9(11,12)6(5-8(13)14)4-7-2-1-3-15-7/h5,7H,1-4H2,(H,13,14)/b6-5+. The predicted molar refractivity (Wildman–Crippen MR) is 45.4 cm³/mol. The van der Waals surface area contributed by atoms with E-state index in [1.807, 2.05) is 0 Å². The molecule has 0 bridgehead atoms. The summed E-state index contributed by atoms with van der Waals surface area (Å²) in [5.41, 5.74) is -1.04. The summed E-state index contributed by atoms with van der Waals surface area (Å²) in [6.45, 7) is 0.447. The van der Waals surface area contributed by atoms with Crippen LogP contribution in [0.4, 0.5) is 13.2 Å². The third-order valence-electron chi connectivity index (χ3n) is 2.13. The Morgan fingerprint density at radius 2 is 2.20 bits per heavy atom. The lowest BCUT2D eigenvalue weighted by Gasteiger charge is -2.14. The van der Waals surface area contributed by atoms with Gasteiger partial charge in [0, 0.05) is 24.7 Å². The summed E-state index contributed by atoms with van der Waals surface area (Å²) >= 11 is 0. The number of hydrogen-bond donors (Lipinski definition) is 1. The first-order valence-corrected chi connectivity index (χ1v) is 4.52. The van der Waals surface area contributed by atoms with Crippen LogP contribution in [0.1, 0.15) is 19.3 Å². The van der Waals surface area contributed by atoms with Crippen LogP contribution in [0, 0.1) is 0 Å². The summed E-state index contributed by atoms with van der Waals surface area (Å²) in [6, 6.07) is 0. The van der Waals surface area contributed by atoms with Crippen molar-refractivity contribution >= 4 is 5.97 Å². The number of carbonyl (C=O) groups is 1. The quantitative estimate of drug-likeness (QED) is 0.747. The molecule has 3 nitrogen and oxygen atoms in total. The van der Waals surface area contributed by atoms with Crippen LogP contribution in [0.2, 0.25) is 0 Å². The molecular formula is C9H11F3O3. The summed E-state index contributed by atoms with van der Waals surface area (Å²) in [7, 11) is 0. The number of halogens is 3. The highest BCUT2D eigenvalue weighted by molar-refractivity contribution is 5.80. The zero-order valence-corrected chi connectivity index (χ0v) is 7.88. The maximum Gasteiger partial charge on any atom is 0.413 e. The fourth-order valence-corrected chi connectivity index (χ4v) is 1.46. The lowest BCUT2D eigenvalue weighted by molar-refractivity contribution is -0.132. The first-order valence-electron chi connectivity index (χ1n) is 4.52. The third kappa shape index (κ3) is 3.91. The second kappa shape index (κ2) is 4.65. The van der Waals surface area contributed by atoms with Gasteiger partial charge in [0.2, 0.25) is 0 Å². The van der Waals surface area contributed by atoms with Gasteiger partial charge in [0.1, 0.15) is 0 Å². The molecule has 0 saturated carbocycles. The lowest BCUT2D eigenvalue weighted by Crippen LogP contribution is -2.19. The highest BCUT2D eigenvalue weighted by atomic mass is 19.4. The van der Waals surface area contributed by atoms with Gasteiger partial charge in [-0.25, -0.2) is 4.79 Å². The second-order valence-corrected chi connectivity index (χ2v) is 3.34. The summed E-state index contributed by atoms with van der Waals surface area (Å²) in [5, 5.41) is 8.30. The third-order valence-corrected chi connectivity index (χ3v) is 2.13. The summed E-state index contributed by atoms with van der Waals surface area (Å²) in [6.07, 6.45) is -3.99. The minimum Gasteiger partial charge on any atom is -0.478 e. The minimum absolute atomic E-state index is 0.210. The average Bonchev–Trinajstić information content (AvgIpc) is 2.53. The molecule has 86 valence electrons. The van der Waals surface area contributed by atoms with Crippen molar-refractivity contribution in [1.82, 2.24) is 0 Å². The van der Waals surface area contributed by atoms with E-state index in [-0.39, 0.29) is 12.5 Å². The van der Waals surface area contributed by atoms with E-state index in [0.29, 0.717) is 13.0 Å². The maximum atomic E-state index is 12.3. The first kappa shape index (κ1) is 12.0. The largest absolute Gasteiger partial charge is 0.478 e. The summed E-state index contributed by atoms with van der Waals surface area (Å²) in [4.78, 5) is 10.2. The van der Waals surface area contributed by atoms with E-state index in [1.54, 1.807) is 0 Å². The number of carboxylic acids is 1. The SMILES string of the molecule is O=C(O)/C=C(\CC1CCCO1)C(F)(F)F. The van der Waals surface area contributed by atoms with Gasteiger partial charge in [-0.1, -0.05) is 0 Å². The zero-order valence-electron chi connectivity index (χ0n) is 7.88. The lowest BCUT2D eigenvalue weighted by atomic mass is 10.1. The van der Waals surface area contributed by atoms with Gasteiger partial charge in [-0.3, -0.25) is 0 Å². The normalized spacial score (nSPS) is 23.1. The fraction of sp³-hybridized carbons (Fsp3) is 0.667. The fourth-order valence-electron chi connectivity index (χ4n) is 1.46. The Labute approximate surface area is 84.5 Å². The molecule has 0 amide bonds. The molecule has 1 atom stereocenters. The van der Waals surface area contributed by atoms with Gasteiger partial charge < -0.3 is 9.84 Å². The average molecular weight is 224 g/mol. The Hall–Kier alpha value is -1.04. The van der Waals surface area contributed by atoms with E-state index in [2.05, 4.69) is 0 Å². The highest BCUT2D eigenvalue weighted by Gasteiger charge is 2.36. The van der Waals surface area contributed by atoms with Gasteiger partial charge in [-0.15, -0.1) is 0 Å². The number of carboxylic acid groups (broad SMARTS) is 1. The molecule has 15 heavy (non-hydrogen) atoms. The van der Waals surface area contributed by atoms with Crippen LogP contribution in [0.25, 0.3) is 0 Å². The van der Waals surface area contributed by atoms with Crippen LogP contribution >= 0.6 is 0 Å². The smallest absolute Gasteiger partial charge is 0.413 e. The van der Waals surface area contributed by atoms with E-state index < -0.39 is 23.8 Å². The summed E-state index contributed by atoms with van der Waals surface area (Å²) < 4.78 is 42.1. The van der Waals surface area contributed by atoms with Crippen LogP contribution in [-0.2, 0) is 9.53 Å². The van der Waals surface area contributed by atoms with Crippen molar-refractivity contribution in [2.45, 2.75) is 31.5 Å². The van der Waals surface area contributed by atoms with E-state index in [4.69, 9.17) is 9.84 Å². The van der Waals surface area contributed by atoms with Crippen molar-refractivity contribution in [3.05, 3.63) is 11.6 Å². The topological polar surface area (TPSA) is 46.5 Å². The molecule has 1 aliphatic rings. The van der Waals surface area contributed by atoms with Crippen molar-refractivity contribution in [1.29, 1.82) is 0 Å². The molecule has 1 fully saturated rings. The van der Waals surface area contributed by atoms with Crippen LogP contribution in [0.3, 0.4) is 0 Å². The number of alkyl halides is 3. The molecule has 0 spiro atoms. The molecule has 0 aromatic heterocycles. The molecule has 1 unspecified atom stereocenters. The van der Waals surface area contributed by atoms with Gasteiger partial charge in [0.15, 0.2) is 0 Å². The summed E-state index contributed by atoms with van der Waals surface area (Å²) in [5.74, 6) is -1.58. The molecule has 1 aliphatic heterocycles. The molecule has 6 heteroatoms. The van der Waals surface area contributed by atoms with Gasteiger partial charge in [0.05, 0.1) is 6.10 Å². The van der Waals surface area contributed by atoms with Gasteiger partial charge in [0.25, 0.3) is 0 Å². The Morgan fingerprint density at radius 3 is 2.60 bits per heavy atom. The van der Waals surface area contributed by atoms with E-state index in [1.165, 1.54) is 0 Å². The number of aliphatic carboxylic acids is 1. The molecule has 0 radical (unpaired) electrons. The molecule has 0 aliphatic carbocycles.